The summed E-state index contributed by atoms with van der Waals surface area (Å²) in [5.41, 5.74) is 0.901. The number of ether oxygens (including phenoxy) is 2. The third-order valence-electron chi connectivity index (χ3n) is 5.21. The summed E-state index contributed by atoms with van der Waals surface area (Å²) >= 11 is 6.15. The van der Waals surface area contributed by atoms with E-state index in [2.05, 4.69) is 4.98 Å². The normalized spacial score (nSPS) is 29.5. The standard InChI is InChI=1S/C19H21ClN2O3/c1-12-10-22(11-19(25-12)7-8-24-13(19)2)18(23)15-9-17(20)21-16-6-4-3-5-14(15)16/h3-6,9,12-13H,7-8,10-11H2,1-2H3/t12-,13+,19+/m1/s1. The molecule has 0 unspecified atom stereocenters. The first kappa shape index (κ1) is 16.8. The number of amides is 1. The van der Waals surface area contributed by atoms with E-state index in [4.69, 9.17) is 21.1 Å². The fraction of sp³-hybridized carbons (Fsp3) is 0.474. The Morgan fingerprint density at radius 2 is 2.16 bits per heavy atom. The summed E-state index contributed by atoms with van der Waals surface area (Å²) in [6.45, 7) is 5.78. The van der Waals surface area contributed by atoms with E-state index in [1.165, 1.54) is 0 Å². The van der Waals surface area contributed by atoms with E-state index in [9.17, 15) is 4.79 Å². The largest absolute Gasteiger partial charge is 0.375 e. The molecule has 4 rings (SSSR count). The Labute approximate surface area is 151 Å². The van der Waals surface area contributed by atoms with Gasteiger partial charge in [-0.05, 0) is 26.0 Å². The van der Waals surface area contributed by atoms with Crippen molar-refractivity contribution in [1.82, 2.24) is 9.88 Å². The minimum Gasteiger partial charge on any atom is -0.375 e. The summed E-state index contributed by atoms with van der Waals surface area (Å²) < 4.78 is 11.9. The van der Waals surface area contributed by atoms with Crippen LogP contribution in [0.2, 0.25) is 5.15 Å². The van der Waals surface area contributed by atoms with E-state index in [1.54, 1.807) is 6.07 Å². The zero-order valence-electron chi connectivity index (χ0n) is 14.4. The van der Waals surface area contributed by atoms with E-state index in [0.29, 0.717) is 30.4 Å². The zero-order valence-corrected chi connectivity index (χ0v) is 15.1. The van der Waals surface area contributed by atoms with Gasteiger partial charge in [0.2, 0.25) is 0 Å². The Kier molecular flexibility index (Phi) is 4.18. The van der Waals surface area contributed by atoms with Crippen molar-refractivity contribution < 1.29 is 14.3 Å². The Hall–Kier alpha value is -1.69. The van der Waals surface area contributed by atoms with Gasteiger partial charge in [-0.3, -0.25) is 4.79 Å². The molecule has 0 aliphatic carbocycles. The number of para-hydroxylation sites is 1. The number of pyridine rings is 1. The molecule has 2 fully saturated rings. The highest BCUT2D eigenvalue weighted by molar-refractivity contribution is 6.30. The molecule has 3 atom stereocenters. The molecule has 0 bridgehead atoms. The summed E-state index contributed by atoms with van der Waals surface area (Å²) in [7, 11) is 0. The number of fused-ring (bicyclic) bond motifs is 1. The SMILES string of the molecule is C[C@@H]1CN(C(=O)c2cc(Cl)nc3ccccc23)C[C@]2(CCO[C@H]2C)O1. The molecule has 1 amide bonds. The van der Waals surface area contributed by atoms with Crippen molar-refractivity contribution in [2.45, 2.75) is 38.1 Å². The van der Waals surface area contributed by atoms with Gasteiger partial charge in [-0.25, -0.2) is 4.98 Å². The maximum atomic E-state index is 13.3. The molecule has 5 nitrogen and oxygen atoms in total. The minimum absolute atomic E-state index is 0.0247. The fourth-order valence-electron chi connectivity index (χ4n) is 3.94. The molecule has 2 saturated heterocycles. The van der Waals surface area contributed by atoms with Crippen molar-refractivity contribution in [1.29, 1.82) is 0 Å². The van der Waals surface area contributed by atoms with E-state index < -0.39 is 5.60 Å². The van der Waals surface area contributed by atoms with Crippen molar-refractivity contribution in [2.75, 3.05) is 19.7 Å². The van der Waals surface area contributed by atoms with Crippen molar-refractivity contribution >= 4 is 28.4 Å². The number of hydrogen-bond acceptors (Lipinski definition) is 4. The fourth-order valence-corrected chi connectivity index (χ4v) is 4.14. The summed E-state index contributed by atoms with van der Waals surface area (Å²) in [6, 6.07) is 9.24. The Morgan fingerprint density at radius 3 is 2.92 bits per heavy atom. The number of carbonyl (C=O) groups is 1. The molecule has 0 N–H and O–H groups in total. The van der Waals surface area contributed by atoms with E-state index >= 15 is 0 Å². The zero-order chi connectivity index (χ0) is 17.6. The predicted molar refractivity (Wildman–Crippen MR) is 96.0 cm³/mol. The molecular weight excluding hydrogens is 340 g/mol. The Balaban J connectivity index is 1.71. The van der Waals surface area contributed by atoms with Crippen LogP contribution >= 0.6 is 11.6 Å². The molecule has 3 heterocycles. The van der Waals surface area contributed by atoms with Crippen LogP contribution in [-0.2, 0) is 9.47 Å². The predicted octanol–water partition coefficient (Wildman–Crippen LogP) is 3.30. The monoisotopic (exact) mass is 360 g/mol. The molecule has 6 heteroatoms. The lowest BCUT2D eigenvalue weighted by Crippen LogP contribution is -2.59. The van der Waals surface area contributed by atoms with Gasteiger partial charge in [0.1, 0.15) is 10.8 Å². The third kappa shape index (κ3) is 2.90. The first-order valence-corrected chi connectivity index (χ1v) is 9.00. The van der Waals surface area contributed by atoms with Gasteiger partial charge in [-0.15, -0.1) is 0 Å². The summed E-state index contributed by atoms with van der Waals surface area (Å²) in [4.78, 5) is 19.5. The first-order valence-electron chi connectivity index (χ1n) is 8.62. The van der Waals surface area contributed by atoms with Crippen molar-refractivity contribution in [3.05, 3.63) is 41.0 Å². The lowest BCUT2D eigenvalue weighted by atomic mass is 9.92. The summed E-state index contributed by atoms with van der Waals surface area (Å²) in [5.74, 6) is -0.0332. The van der Waals surface area contributed by atoms with Gasteiger partial charge < -0.3 is 14.4 Å². The van der Waals surface area contributed by atoms with Crippen LogP contribution in [0.25, 0.3) is 10.9 Å². The molecule has 25 heavy (non-hydrogen) atoms. The van der Waals surface area contributed by atoms with Gasteiger partial charge in [-0.1, -0.05) is 29.8 Å². The third-order valence-corrected chi connectivity index (χ3v) is 5.40. The Bertz CT molecular complexity index is 827. The number of benzene rings is 1. The average molecular weight is 361 g/mol. The number of rotatable bonds is 1. The molecule has 2 aliphatic rings. The van der Waals surface area contributed by atoms with E-state index in [-0.39, 0.29) is 18.1 Å². The van der Waals surface area contributed by atoms with Gasteiger partial charge in [0, 0.05) is 25.0 Å². The Morgan fingerprint density at radius 1 is 1.36 bits per heavy atom. The summed E-state index contributed by atoms with van der Waals surface area (Å²) in [5, 5.41) is 1.15. The molecular formula is C19H21ClN2O3. The van der Waals surface area contributed by atoms with Gasteiger partial charge in [-0.2, -0.15) is 0 Å². The molecule has 132 valence electrons. The molecule has 1 aromatic carbocycles. The number of carbonyl (C=O) groups excluding carboxylic acids is 1. The minimum atomic E-state index is -0.417. The second-order valence-corrected chi connectivity index (χ2v) is 7.34. The smallest absolute Gasteiger partial charge is 0.254 e. The number of aromatic nitrogens is 1. The van der Waals surface area contributed by atoms with Crippen LogP contribution in [0.1, 0.15) is 30.6 Å². The van der Waals surface area contributed by atoms with Crippen LogP contribution in [0.5, 0.6) is 0 Å². The van der Waals surface area contributed by atoms with Gasteiger partial charge >= 0.3 is 0 Å². The highest BCUT2D eigenvalue weighted by Gasteiger charge is 2.49. The second-order valence-electron chi connectivity index (χ2n) is 6.95. The molecule has 1 aromatic heterocycles. The molecule has 1 spiro atoms. The van der Waals surface area contributed by atoms with Crippen LogP contribution < -0.4 is 0 Å². The van der Waals surface area contributed by atoms with Crippen LogP contribution in [-0.4, -0.2) is 53.3 Å². The number of nitrogens with zero attached hydrogens (tertiary/aromatic N) is 2. The van der Waals surface area contributed by atoms with Gasteiger partial charge in [0.05, 0.1) is 29.8 Å². The molecule has 2 aromatic rings. The van der Waals surface area contributed by atoms with E-state index in [1.807, 2.05) is 43.0 Å². The average Bonchev–Trinajstić information content (AvgIpc) is 2.92. The highest BCUT2D eigenvalue weighted by atomic mass is 35.5. The van der Waals surface area contributed by atoms with Gasteiger partial charge in [0.15, 0.2) is 0 Å². The first-order chi connectivity index (χ1) is 12.0. The van der Waals surface area contributed by atoms with Crippen molar-refractivity contribution in [3.8, 4) is 0 Å². The highest BCUT2D eigenvalue weighted by Crippen LogP contribution is 2.36. The summed E-state index contributed by atoms with van der Waals surface area (Å²) in [6.07, 6.45) is 0.744. The lowest BCUT2D eigenvalue weighted by Gasteiger charge is -2.45. The topological polar surface area (TPSA) is 51.7 Å². The molecule has 0 saturated carbocycles. The number of hydrogen-bond donors (Lipinski definition) is 0. The van der Waals surface area contributed by atoms with E-state index in [0.717, 1.165) is 17.3 Å². The second kappa shape index (κ2) is 6.24. The number of morpholine rings is 1. The van der Waals surface area contributed by atoms with Crippen molar-refractivity contribution in [2.24, 2.45) is 0 Å². The van der Waals surface area contributed by atoms with Crippen LogP contribution in [0.4, 0.5) is 0 Å². The van der Waals surface area contributed by atoms with Crippen LogP contribution in [0.15, 0.2) is 30.3 Å². The maximum Gasteiger partial charge on any atom is 0.254 e. The molecule has 2 aliphatic heterocycles. The van der Waals surface area contributed by atoms with Gasteiger partial charge in [0.25, 0.3) is 5.91 Å². The quantitative estimate of drug-likeness (QED) is 0.732. The number of halogens is 1. The van der Waals surface area contributed by atoms with Crippen LogP contribution in [0.3, 0.4) is 0 Å². The molecule has 0 radical (unpaired) electrons. The maximum absolute atomic E-state index is 13.3. The van der Waals surface area contributed by atoms with Crippen molar-refractivity contribution in [3.63, 3.8) is 0 Å². The van der Waals surface area contributed by atoms with Crippen LogP contribution in [0, 0.1) is 0 Å². The lowest BCUT2D eigenvalue weighted by molar-refractivity contribution is -0.160.